The molecule has 2 unspecified atom stereocenters. The van der Waals surface area contributed by atoms with Crippen molar-refractivity contribution in [1.82, 2.24) is 10.3 Å². The molecule has 0 radical (unpaired) electrons. The molecule has 1 amide bonds. The zero-order chi connectivity index (χ0) is 13.9. The summed E-state index contributed by atoms with van der Waals surface area (Å²) >= 11 is 5.86. The summed E-state index contributed by atoms with van der Waals surface area (Å²) in [6.45, 7) is 2.39. The quantitative estimate of drug-likeness (QED) is 0.837. The number of aromatic nitrogens is 1. The van der Waals surface area contributed by atoms with Gasteiger partial charge in [-0.25, -0.2) is 4.98 Å². The molecule has 2 rings (SSSR count). The largest absolute Gasteiger partial charge is 0.388 e. The summed E-state index contributed by atoms with van der Waals surface area (Å²) < 4.78 is 0. The van der Waals surface area contributed by atoms with E-state index in [0.717, 1.165) is 25.7 Å². The van der Waals surface area contributed by atoms with E-state index < -0.39 is 5.60 Å². The lowest BCUT2D eigenvalue weighted by Gasteiger charge is -2.35. The first-order valence-electron chi connectivity index (χ1n) is 6.61. The highest BCUT2D eigenvalue weighted by molar-refractivity contribution is 6.32. The summed E-state index contributed by atoms with van der Waals surface area (Å²) in [6, 6.07) is 3.29. The Bertz CT molecular complexity index is 467. The number of amides is 1. The standard InChI is InChI=1S/C14H19ClN2O2/c1-10-4-2-6-14(19,8-10)9-17-13(18)11-5-3-7-16-12(11)15/h3,5,7,10,19H,2,4,6,8-9H2,1H3,(H,17,18). The summed E-state index contributed by atoms with van der Waals surface area (Å²) in [6.07, 6.45) is 5.15. The molecule has 104 valence electrons. The Morgan fingerprint density at radius 1 is 1.68 bits per heavy atom. The van der Waals surface area contributed by atoms with Crippen molar-refractivity contribution in [2.75, 3.05) is 6.54 Å². The molecule has 4 nitrogen and oxygen atoms in total. The fourth-order valence-corrected chi connectivity index (χ4v) is 2.89. The van der Waals surface area contributed by atoms with E-state index in [0.29, 0.717) is 11.5 Å². The van der Waals surface area contributed by atoms with Gasteiger partial charge in [0.05, 0.1) is 11.2 Å². The molecular formula is C14H19ClN2O2. The summed E-state index contributed by atoms with van der Waals surface area (Å²) in [5.74, 6) is 0.211. The summed E-state index contributed by atoms with van der Waals surface area (Å²) in [5.41, 5.74) is -0.446. The van der Waals surface area contributed by atoms with E-state index in [1.807, 2.05) is 0 Å². The van der Waals surface area contributed by atoms with Crippen LogP contribution in [0.4, 0.5) is 0 Å². The van der Waals surface area contributed by atoms with Crippen LogP contribution in [0.25, 0.3) is 0 Å². The Kier molecular flexibility index (Phi) is 4.42. The molecule has 0 aliphatic heterocycles. The van der Waals surface area contributed by atoms with Crippen molar-refractivity contribution in [2.24, 2.45) is 5.92 Å². The van der Waals surface area contributed by atoms with Crippen LogP contribution >= 0.6 is 11.6 Å². The first-order valence-corrected chi connectivity index (χ1v) is 6.99. The number of nitrogens with one attached hydrogen (secondary N) is 1. The van der Waals surface area contributed by atoms with Gasteiger partial charge in [0.1, 0.15) is 5.15 Å². The van der Waals surface area contributed by atoms with Gasteiger partial charge < -0.3 is 10.4 Å². The van der Waals surface area contributed by atoms with Crippen LogP contribution in [0, 0.1) is 5.92 Å². The summed E-state index contributed by atoms with van der Waals surface area (Å²) in [5, 5.41) is 13.4. The molecule has 0 bridgehead atoms. The first kappa shape index (κ1) is 14.3. The molecule has 19 heavy (non-hydrogen) atoms. The van der Waals surface area contributed by atoms with Gasteiger partial charge in [0.15, 0.2) is 0 Å². The number of rotatable bonds is 3. The molecule has 1 aromatic heterocycles. The molecule has 1 heterocycles. The fourth-order valence-electron chi connectivity index (χ4n) is 2.69. The van der Waals surface area contributed by atoms with Gasteiger partial charge in [-0.2, -0.15) is 0 Å². The van der Waals surface area contributed by atoms with Crippen LogP contribution in [0.15, 0.2) is 18.3 Å². The Balaban J connectivity index is 1.95. The van der Waals surface area contributed by atoms with E-state index in [1.165, 1.54) is 6.20 Å². The number of carbonyl (C=O) groups is 1. The van der Waals surface area contributed by atoms with Crippen molar-refractivity contribution in [1.29, 1.82) is 0 Å². The predicted octanol–water partition coefficient (Wildman–Crippen LogP) is 2.41. The normalized spacial score (nSPS) is 27.0. The number of halogens is 1. The molecule has 0 aromatic carbocycles. The lowest BCUT2D eigenvalue weighted by atomic mass is 9.79. The Labute approximate surface area is 118 Å². The Morgan fingerprint density at radius 2 is 2.47 bits per heavy atom. The smallest absolute Gasteiger partial charge is 0.254 e. The van der Waals surface area contributed by atoms with Gasteiger partial charge in [0, 0.05) is 12.7 Å². The van der Waals surface area contributed by atoms with E-state index in [4.69, 9.17) is 11.6 Å². The zero-order valence-electron chi connectivity index (χ0n) is 11.0. The van der Waals surface area contributed by atoms with Gasteiger partial charge >= 0.3 is 0 Å². The van der Waals surface area contributed by atoms with Crippen molar-refractivity contribution in [2.45, 2.75) is 38.2 Å². The molecule has 2 N–H and O–H groups in total. The van der Waals surface area contributed by atoms with Crippen LogP contribution in [-0.4, -0.2) is 28.1 Å². The molecule has 1 aromatic rings. The van der Waals surface area contributed by atoms with Crippen LogP contribution in [0.5, 0.6) is 0 Å². The third-order valence-corrected chi connectivity index (χ3v) is 3.95. The highest BCUT2D eigenvalue weighted by Gasteiger charge is 2.33. The average molecular weight is 283 g/mol. The molecule has 2 atom stereocenters. The second kappa shape index (κ2) is 5.88. The van der Waals surface area contributed by atoms with Gasteiger partial charge in [-0.3, -0.25) is 4.79 Å². The van der Waals surface area contributed by atoms with Crippen LogP contribution in [0.2, 0.25) is 5.15 Å². The number of hydrogen-bond acceptors (Lipinski definition) is 3. The molecular weight excluding hydrogens is 264 g/mol. The van der Waals surface area contributed by atoms with Gasteiger partial charge in [0.2, 0.25) is 0 Å². The minimum Gasteiger partial charge on any atom is -0.388 e. The van der Waals surface area contributed by atoms with E-state index >= 15 is 0 Å². The summed E-state index contributed by atoms with van der Waals surface area (Å²) in [7, 11) is 0. The number of pyridine rings is 1. The summed E-state index contributed by atoms with van der Waals surface area (Å²) in [4.78, 5) is 15.9. The van der Waals surface area contributed by atoms with Crippen molar-refractivity contribution >= 4 is 17.5 Å². The third kappa shape index (κ3) is 3.67. The molecule has 5 heteroatoms. The molecule has 0 spiro atoms. The van der Waals surface area contributed by atoms with Crippen LogP contribution in [0.3, 0.4) is 0 Å². The zero-order valence-corrected chi connectivity index (χ0v) is 11.8. The van der Waals surface area contributed by atoms with Crippen molar-refractivity contribution in [3.63, 3.8) is 0 Å². The Morgan fingerprint density at radius 3 is 3.16 bits per heavy atom. The minimum absolute atomic E-state index is 0.184. The number of hydrogen-bond donors (Lipinski definition) is 2. The van der Waals surface area contributed by atoms with Gasteiger partial charge in [-0.15, -0.1) is 0 Å². The highest BCUT2D eigenvalue weighted by Crippen LogP contribution is 2.31. The molecule has 0 saturated heterocycles. The lowest BCUT2D eigenvalue weighted by molar-refractivity contribution is -0.0109. The van der Waals surface area contributed by atoms with E-state index in [2.05, 4.69) is 17.2 Å². The predicted molar refractivity (Wildman–Crippen MR) is 74.2 cm³/mol. The highest BCUT2D eigenvalue weighted by atomic mass is 35.5. The maximum atomic E-state index is 12.0. The SMILES string of the molecule is CC1CCCC(O)(CNC(=O)c2cccnc2Cl)C1. The second-order valence-electron chi connectivity index (χ2n) is 5.45. The topological polar surface area (TPSA) is 62.2 Å². The van der Waals surface area contributed by atoms with Crippen LogP contribution in [-0.2, 0) is 0 Å². The van der Waals surface area contributed by atoms with Crippen LogP contribution < -0.4 is 5.32 Å². The van der Waals surface area contributed by atoms with E-state index in [1.54, 1.807) is 12.1 Å². The molecule has 1 aliphatic carbocycles. The number of aliphatic hydroxyl groups is 1. The maximum Gasteiger partial charge on any atom is 0.254 e. The van der Waals surface area contributed by atoms with E-state index in [9.17, 15) is 9.90 Å². The third-order valence-electron chi connectivity index (χ3n) is 3.65. The van der Waals surface area contributed by atoms with Gasteiger partial charge in [0.25, 0.3) is 5.91 Å². The first-order chi connectivity index (χ1) is 9.00. The van der Waals surface area contributed by atoms with Gasteiger partial charge in [-0.05, 0) is 30.9 Å². The minimum atomic E-state index is -0.790. The maximum absolute atomic E-state index is 12.0. The van der Waals surface area contributed by atoms with Crippen LogP contribution in [0.1, 0.15) is 43.0 Å². The lowest BCUT2D eigenvalue weighted by Crippen LogP contribution is -2.45. The fraction of sp³-hybridized carbons (Fsp3) is 0.571. The molecule has 1 saturated carbocycles. The van der Waals surface area contributed by atoms with E-state index in [-0.39, 0.29) is 17.6 Å². The number of carbonyl (C=O) groups excluding carboxylic acids is 1. The average Bonchev–Trinajstić information content (AvgIpc) is 2.36. The number of nitrogens with zero attached hydrogens (tertiary/aromatic N) is 1. The second-order valence-corrected chi connectivity index (χ2v) is 5.81. The van der Waals surface area contributed by atoms with Crippen molar-refractivity contribution in [3.05, 3.63) is 29.0 Å². The molecule has 1 fully saturated rings. The van der Waals surface area contributed by atoms with Crippen molar-refractivity contribution < 1.29 is 9.90 Å². The Hall–Kier alpha value is -1.13. The monoisotopic (exact) mass is 282 g/mol. The molecule has 1 aliphatic rings. The van der Waals surface area contributed by atoms with Gasteiger partial charge in [-0.1, -0.05) is 31.4 Å². The van der Waals surface area contributed by atoms with Crippen molar-refractivity contribution in [3.8, 4) is 0 Å².